The Balaban J connectivity index is 1.65. The van der Waals surface area contributed by atoms with Crippen molar-refractivity contribution in [3.63, 3.8) is 0 Å². The van der Waals surface area contributed by atoms with E-state index in [0.29, 0.717) is 39.7 Å². The van der Waals surface area contributed by atoms with Crippen LogP contribution in [0.4, 0.5) is 18.9 Å². The van der Waals surface area contributed by atoms with Gasteiger partial charge in [-0.25, -0.2) is 0 Å². The molecule has 0 aliphatic carbocycles. The number of likely N-dealkylation sites (N-methyl/N-ethyl adjacent to an activating group) is 1. The lowest BCUT2D eigenvalue weighted by atomic mass is 9.89. The minimum atomic E-state index is -4.80. The van der Waals surface area contributed by atoms with Gasteiger partial charge in [0.2, 0.25) is 0 Å². The molecule has 0 fully saturated rings. The number of carbonyl (C=O) groups excluding carboxylic acids is 2. The number of imide groups is 1. The number of carbonyl (C=O) groups is 2. The third kappa shape index (κ3) is 4.77. The summed E-state index contributed by atoms with van der Waals surface area (Å²) in [6.07, 6.45) is -3.38. The molecule has 0 atom stereocenters. The molecule has 1 heterocycles. The first-order valence-electron chi connectivity index (χ1n) is 11.5. The van der Waals surface area contributed by atoms with E-state index in [-0.39, 0.29) is 18.2 Å². The predicted molar refractivity (Wildman–Crippen MR) is 136 cm³/mol. The van der Waals surface area contributed by atoms with Crippen LogP contribution >= 0.6 is 0 Å². The Labute approximate surface area is 210 Å². The number of alkyl halides is 3. The minimum absolute atomic E-state index is 0.230. The van der Waals surface area contributed by atoms with Gasteiger partial charge >= 0.3 is 6.36 Å². The Bertz CT molecular complexity index is 1580. The zero-order valence-electron chi connectivity index (χ0n) is 20.0. The first kappa shape index (κ1) is 24.5. The molecular formula is C28H22F3N3O3. The average molecular weight is 505 g/mol. The molecule has 0 N–H and O–H groups in total. The number of ether oxygens (including phenoxy) is 1. The van der Waals surface area contributed by atoms with E-state index >= 15 is 0 Å². The highest BCUT2D eigenvalue weighted by molar-refractivity contribution is 6.31. The molecule has 0 radical (unpaired) electrons. The van der Waals surface area contributed by atoms with Gasteiger partial charge in [-0.1, -0.05) is 36.4 Å². The minimum Gasteiger partial charge on any atom is -0.406 e. The monoisotopic (exact) mass is 505 g/mol. The average Bonchev–Trinajstić information content (AvgIpc) is 2.84. The summed E-state index contributed by atoms with van der Waals surface area (Å²) >= 11 is 0. The summed E-state index contributed by atoms with van der Waals surface area (Å²) in [5.74, 6) is -1.10. The quantitative estimate of drug-likeness (QED) is 0.189. The molecule has 0 saturated heterocycles. The third-order valence-electron chi connectivity index (χ3n) is 6.13. The molecule has 9 heteroatoms. The molecule has 4 aromatic carbocycles. The molecule has 5 rings (SSSR count). The molecule has 0 spiro atoms. The van der Waals surface area contributed by atoms with Crippen molar-refractivity contribution >= 4 is 45.3 Å². The third-order valence-corrected chi connectivity index (χ3v) is 6.13. The molecular weight excluding hydrogens is 483 g/mol. The Hall–Kier alpha value is -4.24. The maximum Gasteiger partial charge on any atom is 0.573 e. The lowest BCUT2D eigenvalue weighted by molar-refractivity contribution is -0.274. The van der Waals surface area contributed by atoms with Crippen molar-refractivity contribution in [2.75, 3.05) is 27.2 Å². The van der Waals surface area contributed by atoms with Crippen molar-refractivity contribution in [1.82, 2.24) is 9.80 Å². The number of fused-ring (bicyclic) bond motifs is 2. The topological polar surface area (TPSA) is 62.2 Å². The van der Waals surface area contributed by atoms with Crippen LogP contribution in [0.2, 0.25) is 0 Å². The maximum atomic E-state index is 13.8. The highest BCUT2D eigenvalue weighted by Crippen LogP contribution is 2.39. The maximum absolute atomic E-state index is 13.8. The summed E-state index contributed by atoms with van der Waals surface area (Å²) in [5, 5.41) is 2.69. The highest BCUT2D eigenvalue weighted by atomic mass is 19.4. The van der Waals surface area contributed by atoms with Crippen LogP contribution in [-0.4, -0.2) is 61.4 Å². The number of hydrogen-bond acceptors (Lipinski definition) is 5. The van der Waals surface area contributed by atoms with E-state index in [4.69, 9.17) is 0 Å². The normalized spacial score (nSPS) is 13.9. The van der Waals surface area contributed by atoms with Crippen LogP contribution in [-0.2, 0) is 0 Å². The van der Waals surface area contributed by atoms with Crippen molar-refractivity contribution in [1.29, 1.82) is 0 Å². The summed E-state index contributed by atoms with van der Waals surface area (Å²) < 4.78 is 41.9. The standard InChI is InChI=1S/C28H22F3N3O3/c1-33(2)12-13-34-26(35)21-10-4-7-18-15-19-8-5-11-22(24(19)25(23(18)21)27(34)36)32-16-17-6-3-9-20(14-17)37-28(29,30)31/h3-11,14-16H,12-13H2,1-2H3. The second-order valence-electron chi connectivity index (χ2n) is 8.97. The molecule has 2 amide bonds. The first-order valence-corrected chi connectivity index (χ1v) is 11.5. The van der Waals surface area contributed by atoms with Gasteiger partial charge in [-0.3, -0.25) is 19.5 Å². The number of amides is 2. The molecule has 37 heavy (non-hydrogen) atoms. The van der Waals surface area contributed by atoms with Crippen molar-refractivity contribution in [3.05, 3.63) is 83.4 Å². The summed E-state index contributed by atoms with van der Waals surface area (Å²) in [4.78, 5) is 34.7. The van der Waals surface area contributed by atoms with Crippen LogP contribution in [0, 0.1) is 0 Å². The lowest BCUT2D eigenvalue weighted by Crippen LogP contribution is -2.43. The van der Waals surface area contributed by atoms with Gasteiger partial charge in [0, 0.05) is 35.6 Å². The predicted octanol–water partition coefficient (Wildman–Crippen LogP) is 5.80. The van der Waals surface area contributed by atoms with Crippen LogP contribution in [0.3, 0.4) is 0 Å². The summed E-state index contributed by atoms with van der Waals surface area (Å²) in [7, 11) is 3.73. The largest absolute Gasteiger partial charge is 0.573 e. The number of benzene rings is 4. The molecule has 0 saturated carbocycles. The summed E-state index contributed by atoms with van der Waals surface area (Å²) in [5.41, 5.74) is 1.69. The Morgan fingerprint density at radius 1 is 0.919 bits per heavy atom. The van der Waals surface area contributed by atoms with Crippen molar-refractivity contribution in [3.8, 4) is 5.75 Å². The van der Waals surface area contributed by atoms with E-state index in [0.717, 1.165) is 10.8 Å². The van der Waals surface area contributed by atoms with Gasteiger partial charge in [-0.15, -0.1) is 13.2 Å². The fraction of sp³-hybridized carbons (Fsp3) is 0.179. The van der Waals surface area contributed by atoms with Crippen LogP contribution in [0.1, 0.15) is 26.3 Å². The SMILES string of the molecule is CN(C)CCN1C(=O)c2cccc3cc4cccc(N=Cc5cccc(OC(F)(F)F)c5)c4c(c23)C1=O. The number of aliphatic imine (C=N–C) groups is 1. The molecule has 1 aliphatic heterocycles. The van der Waals surface area contributed by atoms with Gasteiger partial charge < -0.3 is 9.64 Å². The van der Waals surface area contributed by atoms with Crippen LogP contribution in [0.15, 0.2) is 71.7 Å². The Morgan fingerprint density at radius 3 is 2.35 bits per heavy atom. The fourth-order valence-electron chi connectivity index (χ4n) is 4.52. The molecule has 6 nitrogen and oxygen atoms in total. The van der Waals surface area contributed by atoms with Gasteiger partial charge in [0.05, 0.1) is 11.3 Å². The second-order valence-corrected chi connectivity index (χ2v) is 8.97. The van der Waals surface area contributed by atoms with Crippen molar-refractivity contribution in [2.24, 2.45) is 4.99 Å². The van der Waals surface area contributed by atoms with Crippen molar-refractivity contribution in [2.45, 2.75) is 6.36 Å². The van der Waals surface area contributed by atoms with E-state index in [1.165, 1.54) is 29.3 Å². The number of halogens is 3. The van der Waals surface area contributed by atoms with Gasteiger partial charge in [0.25, 0.3) is 11.8 Å². The van der Waals surface area contributed by atoms with Gasteiger partial charge in [0.15, 0.2) is 0 Å². The van der Waals surface area contributed by atoms with Crippen LogP contribution < -0.4 is 4.74 Å². The summed E-state index contributed by atoms with van der Waals surface area (Å²) in [6, 6.07) is 18.1. The van der Waals surface area contributed by atoms with Gasteiger partial charge in [-0.05, 0) is 60.8 Å². The molecule has 188 valence electrons. The highest BCUT2D eigenvalue weighted by Gasteiger charge is 2.35. The smallest absolute Gasteiger partial charge is 0.406 e. The number of rotatable bonds is 6. The Kier molecular flexibility index (Phi) is 6.16. The molecule has 0 bridgehead atoms. The van der Waals surface area contributed by atoms with E-state index < -0.39 is 12.3 Å². The zero-order valence-corrected chi connectivity index (χ0v) is 20.0. The molecule has 0 unspecified atom stereocenters. The number of hydrogen-bond donors (Lipinski definition) is 0. The van der Waals surface area contributed by atoms with Gasteiger partial charge in [0.1, 0.15) is 5.75 Å². The first-order chi connectivity index (χ1) is 17.6. The number of nitrogens with zero attached hydrogens (tertiary/aromatic N) is 3. The molecule has 1 aliphatic rings. The molecule has 0 aromatic heterocycles. The van der Waals surface area contributed by atoms with E-state index in [1.807, 2.05) is 37.2 Å². The lowest BCUT2D eigenvalue weighted by Gasteiger charge is -2.29. The van der Waals surface area contributed by atoms with Gasteiger partial charge in [-0.2, -0.15) is 0 Å². The fourth-order valence-corrected chi connectivity index (χ4v) is 4.52. The zero-order chi connectivity index (χ0) is 26.3. The van der Waals surface area contributed by atoms with Crippen LogP contribution in [0.5, 0.6) is 5.75 Å². The van der Waals surface area contributed by atoms with Crippen LogP contribution in [0.25, 0.3) is 21.5 Å². The molecule has 4 aromatic rings. The van der Waals surface area contributed by atoms with E-state index in [9.17, 15) is 22.8 Å². The Morgan fingerprint density at radius 2 is 1.62 bits per heavy atom. The van der Waals surface area contributed by atoms with E-state index in [1.54, 1.807) is 30.3 Å². The van der Waals surface area contributed by atoms with E-state index in [2.05, 4.69) is 9.73 Å². The summed E-state index contributed by atoms with van der Waals surface area (Å²) in [6.45, 7) is 0.739. The van der Waals surface area contributed by atoms with Crippen molar-refractivity contribution < 1.29 is 27.5 Å². The second kappa shape index (κ2) is 9.33.